The van der Waals surface area contributed by atoms with Gasteiger partial charge in [0.05, 0.1) is 43.6 Å². The number of H-pyrrole nitrogens is 1. The molecular formula is C17H28N5O6P. The maximum Gasteiger partial charge on any atom is 0.361 e. The number of nitrogens with zero attached hydrogens (tertiary/aromatic N) is 3. The molecule has 3 N–H and O–H groups in total. The van der Waals surface area contributed by atoms with Crippen molar-refractivity contribution >= 4 is 18.8 Å². The number of aliphatic hydroxyl groups is 1. The quantitative estimate of drug-likeness (QED) is 0.498. The number of aromatic nitrogens is 4. The zero-order valence-electron chi connectivity index (χ0n) is 16.9. The first-order chi connectivity index (χ1) is 13.7. The molecular weight excluding hydrogens is 401 g/mol. The Balaban J connectivity index is 1.72. The van der Waals surface area contributed by atoms with Gasteiger partial charge in [-0.1, -0.05) is 0 Å². The zero-order chi connectivity index (χ0) is 21.2. The normalized spacial score (nSPS) is 21.5. The molecule has 3 heterocycles. The molecule has 0 saturated carbocycles. The molecule has 0 amide bonds. The molecule has 11 nitrogen and oxygen atoms in total. The van der Waals surface area contributed by atoms with Crippen LogP contribution >= 0.6 is 7.60 Å². The minimum atomic E-state index is -3.77. The zero-order valence-corrected chi connectivity index (χ0v) is 17.8. The van der Waals surface area contributed by atoms with Gasteiger partial charge in [-0.2, -0.15) is 0 Å². The van der Waals surface area contributed by atoms with E-state index < -0.39 is 13.4 Å². The highest BCUT2D eigenvalue weighted by molar-refractivity contribution is 7.54. The van der Waals surface area contributed by atoms with Gasteiger partial charge in [-0.15, -0.1) is 0 Å². The van der Waals surface area contributed by atoms with Gasteiger partial charge in [0.2, 0.25) is 0 Å². The summed E-state index contributed by atoms with van der Waals surface area (Å²) in [5.41, 5.74) is 0.386. The molecule has 2 aromatic rings. The van der Waals surface area contributed by atoms with E-state index in [-0.39, 0.29) is 42.0 Å². The second-order valence-electron chi connectivity index (χ2n) is 7.48. The fourth-order valence-corrected chi connectivity index (χ4v) is 5.02. The van der Waals surface area contributed by atoms with E-state index in [1.54, 1.807) is 38.6 Å². The van der Waals surface area contributed by atoms with Gasteiger partial charge in [0.15, 0.2) is 17.0 Å². The maximum atomic E-state index is 13.0. The van der Waals surface area contributed by atoms with Crippen LogP contribution in [0.3, 0.4) is 0 Å². The lowest BCUT2D eigenvalue weighted by molar-refractivity contribution is -0.00600. The van der Waals surface area contributed by atoms with Gasteiger partial charge in [0.25, 0.3) is 5.56 Å². The Bertz CT molecular complexity index is 914. The molecule has 1 fully saturated rings. The molecule has 0 unspecified atom stereocenters. The Kier molecular flexibility index (Phi) is 6.87. The minimum Gasteiger partial charge on any atom is -0.378 e. The molecule has 1 saturated heterocycles. The van der Waals surface area contributed by atoms with Crippen LogP contribution in [0.25, 0.3) is 11.2 Å². The highest BCUT2D eigenvalue weighted by Crippen LogP contribution is 2.54. The molecule has 2 aromatic heterocycles. The van der Waals surface area contributed by atoms with Crippen LogP contribution in [0.15, 0.2) is 17.4 Å². The highest BCUT2D eigenvalue weighted by atomic mass is 31.2. The number of ether oxygens (including phenoxy) is 1. The van der Waals surface area contributed by atoms with Gasteiger partial charge in [-0.05, 0) is 27.7 Å². The first-order valence-electron chi connectivity index (χ1n) is 9.58. The second-order valence-corrected chi connectivity index (χ2v) is 9.58. The summed E-state index contributed by atoms with van der Waals surface area (Å²) in [4.78, 5) is 22.7. The fraction of sp³-hybridized carbons (Fsp3) is 0.706. The molecule has 0 aliphatic carbocycles. The molecule has 3 rings (SSSR count). The van der Waals surface area contributed by atoms with E-state index in [4.69, 9.17) is 13.8 Å². The van der Waals surface area contributed by atoms with Crippen molar-refractivity contribution in [3.63, 3.8) is 0 Å². The average molecular weight is 429 g/mol. The number of aliphatic hydroxyl groups excluding tert-OH is 1. The van der Waals surface area contributed by atoms with E-state index in [1.165, 1.54) is 6.33 Å². The van der Waals surface area contributed by atoms with Gasteiger partial charge in [-0.3, -0.25) is 9.36 Å². The summed E-state index contributed by atoms with van der Waals surface area (Å²) in [6.45, 7) is 7.75. The first-order valence-corrected chi connectivity index (χ1v) is 11.2. The van der Waals surface area contributed by atoms with Gasteiger partial charge in [-0.25, -0.2) is 9.97 Å². The Hall–Kier alpha value is -1.62. The van der Waals surface area contributed by atoms with Crippen LogP contribution in [0.5, 0.6) is 0 Å². The van der Waals surface area contributed by atoms with E-state index in [2.05, 4.69) is 20.3 Å². The molecule has 3 atom stereocenters. The van der Waals surface area contributed by atoms with Gasteiger partial charge < -0.3 is 33.8 Å². The van der Waals surface area contributed by atoms with Crippen LogP contribution in [0, 0.1) is 0 Å². The fourth-order valence-electron chi connectivity index (χ4n) is 3.25. The number of hydrogen-bond donors (Lipinski definition) is 3. The van der Waals surface area contributed by atoms with Crippen molar-refractivity contribution in [1.82, 2.24) is 24.8 Å². The van der Waals surface area contributed by atoms with Gasteiger partial charge >= 0.3 is 7.60 Å². The number of fused-ring (bicyclic) bond motifs is 1. The Labute approximate surface area is 168 Å². The van der Waals surface area contributed by atoms with E-state index in [1.807, 2.05) is 0 Å². The molecule has 1 aliphatic rings. The van der Waals surface area contributed by atoms with Crippen molar-refractivity contribution in [1.29, 1.82) is 0 Å². The predicted octanol–water partition coefficient (Wildman–Crippen LogP) is 1.01. The summed E-state index contributed by atoms with van der Waals surface area (Å²) >= 11 is 0. The summed E-state index contributed by atoms with van der Waals surface area (Å²) in [5, 5.41) is 13.7. The number of nitrogens with one attached hydrogen (secondary N) is 2. The topological polar surface area (TPSA) is 141 Å². The van der Waals surface area contributed by atoms with Gasteiger partial charge in [0, 0.05) is 13.1 Å². The summed E-state index contributed by atoms with van der Waals surface area (Å²) in [6.07, 6.45) is 1.77. The van der Waals surface area contributed by atoms with Crippen LogP contribution in [0.2, 0.25) is 0 Å². The van der Waals surface area contributed by atoms with Crippen molar-refractivity contribution in [3.8, 4) is 0 Å². The minimum absolute atomic E-state index is 0.196. The number of aromatic amines is 1. The van der Waals surface area contributed by atoms with E-state index in [0.29, 0.717) is 18.7 Å². The molecule has 12 heteroatoms. The number of hydrogen-bond acceptors (Lipinski definition) is 9. The van der Waals surface area contributed by atoms with Crippen LogP contribution < -0.4 is 10.9 Å². The van der Waals surface area contributed by atoms with Crippen molar-refractivity contribution in [2.24, 2.45) is 0 Å². The highest BCUT2D eigenvalue weighted by Gasteiger charge is 2.39. The van der Waals surface area contributed by atoms with Crippen molar-refractivity contribution in [3.05, 3.63) is 23.0 Å². The third-order valence-corrected chi connectivity index (χ3v) is 6.70. The van der Waals surface area contributed by atoms with Crippen LogP contribution in [-0.4, -0.2) is 68.5 Å². The third-order valence-electron chi connectivity index (χ3n) is 4.39. The monoisotopic (exact) mass is 429 g/mol. The van der Waals surface area contributed by atoms with E-state index >= 15 is 0 Å². The lowest BCUT2D eigenvalue weighted by atomic mass is 10.2. The third kappa shape index (κ3) is 4.93. The van der Waals surface area contributed by atoms with Crippen LogP contribution in [-0.2, 0) is 18.3 Å². The van der Waals surface area contributed by atoms with Crippen molar-refractivity contribution < 1.29 is 23.5 Å². The molecule has 1 aliphatic heterocycles. The first kappa shape index (κ1) is 22.1. The van der Waals surface area contributed by atoms with E-state index in [9.17, 15) is 14.5 Å². The largest absolute Gasteiger partial charge is 0.378 e. The molecule has 0 spiro atoms. The van der Waals surface area contributed by atoms with Crippen LogP contribution in [0.4, 0.5) is 0 Å². The van der Waals surface area contributed by atoms with Crippen molar-refractivity contribution in [2.75, 3.05) is 19.7 Å². The summed E-state index contributed by atoms with van der Waals surface area (Å²) < 4.78 is 31.5. The summed E-state index contributed by atoms with van der Waals surface area (Å²) in [7, 11) is -3.77. The predicted molar refractivity (Wildman–Crippen MR) is 106 cm³/mol. The average Bonchev–Trinajstić information content (AvgIpc) is 3.24. The molecule has 0 radical (unpaired) electrons. The molecule has 0 aromatic carbocycles. The lowest BCUT2D eigenvalue weighted by Gasteiger charge is -2.28. The SMILES string of the molecule is CC(C)OP(=O)(OC(C)C)[C@@H](O)CO[C@@H]1CNC[C@H]1n1cnc2c(=O)[nH]cnc21. The Morgan fingerprint density at radius 3 is 2.59 bits per heavy atom. The van der Waals surface area contributed by atoms with Crippen LogP contribution in [0.1, 0.15) is 33.7 Å². The molecule has 162 valence electrons. The molecule has 29 heavy (non-hydrogen) atoms. The Morgan fingerprint density at radius 2 is 1.93 bits per heavy atom. The Morgan fingerprint density at radius 1 is 1.24 bits per heavy atom. The second kappa shape index (κ2) is 9.03. The van der Waals surface area contributed by atoms with Crippen molar-refractivity contribution in [2.45, 2.75) is 57.9 Å². The number of imidazole rings is 1. The van der Waals surface area contributed by atoms with E-state index in [0.717, 1.165) is 0 Å². The molecule has 0 bridgehead atoms. The smallest absolute Gasteiger partial charge is 0.361 e. The van der Waals surface area contributed by atoms with Gasteiger partial charge in [0.1, 0.15) is 0 Å². The lowest BCUT2D eigenvalue weighted by Crippen LogP contribution is -2.30. The summed E-state index contributed by atoms with van der Waals surface area (Å²) in [5.74, 6) is -1.42. The standard InChI is InChI=1S/C17H28N5O6P/c1-10(2)27-29(25,28-11(3)4)14(23)7-26-13-6-18-5-12(13)22-9-21-15-16(22)19-8-20-17(15)24/h8-14,18,23H,5-7H2,1-4H3,(H,19,20,24)/t12-,13-,14-/m1/s1. The summed E-state index contributed by atoms with van der Waals surface area (Å²) in [6, 6.07) is -0.196. The maximum absolute atomic E-state index is 13.0. The number of rotatable bonds is 9.